The topological polar surface area (TPSA) is 51.9 Å². The van der Waals surface area contributed by atoms with Crippen LogP contribution >= 0.6 is 0 Å². The second-order valence-electron chi connectivity index (χ2n) is 8.43. The van der Waals surface area contributed by atoms with Gasteiger partial charge in [-0.15, -0.1) is 0 Å². The molecule has 3 aromatic heterocycles. The predicted octanol–water partition coefficient (Wildman–Crippen LogP) is 4.88. The normalized spacial score (nSPS) is 11.6. The van der Waals surface area contributed by atoms with Gasteiger partial charge in [-0.25, -0.2) is 0 Å². The Morgan fingerprint density at radius 2 is 1.56 bits per heavy atom. The van der Waals surface area contributed by atoms with Gasteiger partial charge in [-0.1, -0.05) is 17.7 Å². The molecule has 0 bridgehead atoms. The number of rotatable bonds is 8. The minimum absolute atomic E-state index is 0.639. The van der Waals surface area contributed by atoms with Gasteiger partial charge in [0, 0.05) is 51.0 Å². The third kappa shape index (κ3) is 3.96. The highest BCUT2D eigenvalue weighted by molar-refractivity contribution is 6.08. The zero-order chi connectivity index (χ0) is 22.8. The minimum atomic E-state index is 0.639. The molecule has 32 heavy (non-hydrogen) atoms. The lowest BCUT2D eigenvalue weighted by molar-refractivity contribution is 0.190. The van der Waals surface area contributed by atoms with Crippen LogP contribution in [0.15, 0.2) is 36.8 Å². The van der Waals surface area contributed by atoms with Gasteiger partial charge in [0.15, 0.2) is 0 Å². The summed E-state index contributed by atoms with van der Waals surface area (Å²) in [7, 11) is 3.47. The Balaban J connectivity index is 2.08. The molecule has 0 amide bonds. The van der Waals surface area contributed by atoms with Gasteiger partial charge in [-0.2, -0.15) is 0 Å². The van der Waals surface area contributed by atoms with E-state index in [0.29, 0.717) is 13.2 Å². The summed E-state index contributed by atoms with van der Waals surface area (Å²) >= 11 is 0. The highest BCUT2D eigenvalue weighted by Crippen LogP contribution is 2.41. The summed E-state index contributed by atoms with van der Waals surface area (Å²) in [6, 6.07) is 6.65. The van der Waals surface area contributed by atoms with Crippen LogP contribution in [0.25, 0.3) is 27.7 Å². The van der Waals surface area contributed by atoms with E-state index in [1.807, 2.05) is 18.6 Å². The van der Waals surface area contributed by atoms with E-state index in [1.54, 1.807) is 14.2 Å². The van der Waals surface area contributed by atoms with Crippen LogP contribution in [0.4, 0.5) is 5.69 Å². The highest BCUT2D eigenvalue weighted by atomic mass is 16.5. The quantitative estimate of drug-likeness (QED) is 0.397. The summed E-state index contributed by atoms with van der Waals surface area (Å²) in [6.45, 7) is 11.4. The first-order valence-electron chi connectivity index (χ1n) is 11.0. The first kappa shape index (κ1) is 22.2. The Kier molecular flexibility index (Phi) is 6.44. The molecule has 0 fully saturated rings. The van der Waals surface area contributed by atoms with Crippen molar-refractivity contribution in [3.63, 3.8) is 0 Å². The lowest BCUT2D eigenvalue weighted by Crippen LogP contribution is -2.31. The van der Waals surface area contributed by atoms with Crippen molar-refractivity contribution in [2.24, 2.45) is 0 Å². The number of ether oxygens (including phenoxy) is 2. The highest BCUT2D eigenvalue weighted by Gasteiger charge is 2.23. The molecule has 3 heterocycles. The summed E-state index contributed by atoms with van der Waals surface area (Å²) in [5.41, 5.74) is 11.4. The molecule has 0 aliphatic heterocycles. The average molecular weight is 433 g/mol. The summed E-state index contributed by atoms with van der Waals surface area (Å²) in [5.74, 6) is 0. The molecule has 0 unspecified atom stereocenters. The van der Waals surface area contributed by atoms with E-state index in [4.69, 9.17) is 14.5 Å². The summed E-state index contributed by atoms with van der Waals surface area (Å²) in [4.78, 5) is 11.9. The van der Waals surface area contributed by atoms with Crippen LogP contribution in [0, 0.1) is 27.7 Å². The molecule has 0 aliphatic rings. The van der Waals surface area contributed by atoms with Gasteiger partial charge in [0.1, 0.15) is 0 Å². The van der Waals surface area contributed by atoms with Crippen LogP contribution in [0.1, 0.15) is 22.4 Å². The number of methoxy groups -OCH3 is 2. The van der Waals surface area contributed by atoms with Gasteiger partial charge < -0.3 is 18.8 Å². The number of hydrogen-bond donors (Lipinski definition) is 0. The monoisotopic (exact) mass is 432 g/mol. The summed E-state index contributed by atoms with van der Waals surface area (Å²) in [5, 5.41) is 0. The molecule has 6 heteroatoms. The Labute approximate surface area is 189 Å². The zero-order valence-electron chi connectivity index (χ0n) is 19.9. The van der Waals surface area contributed by atoms with Crippen molar-refractivity contribution in [1.29, 1.82) is 0 Å². The molecule has 0 N–H and O–H groups in total. The molecule has 4 rings (SSSR count). The fourth-order valence-corrected chi connectivity index (χ4v) is 4.74. The average Bonchev–Trinajstić information content (AvgIpc) is 3.07. The van der Waals surface area contributed by atoms with Crippen molar-refractivity contribution in [2.75, 3.05) is 45.4 Å². The van der Waals surface area contributed by atoms with Crippen LogP contribution in [0.5, 0.6) is 0 Å². The summed E-state index contributed by atoms with van der Waals surface area (Å²) in [6.07, 6.45) is 5.82. The maximum atomic E-state index is 5.41. The number of aryl methyl sites for hydroxylation is 4. The second-order valence-corrected chi connectivity index (χ2v) is 8.43. The lowest BCUT2D eigenvalue weighted by Gasteiger charge is -2.25. The van der Waals surface area contributed by atoms with Crippen LogP contribution in [0.2, 0.25) is 0 Å². The van der Waals surface area contributed by atoms with Crippen LogP contribution in [-0.4, -0.2) is 54.9 Å². The molecule has 4 aromatic rings. The number of benzene rings is 1. The third-order valence-corrected chi connectivity index (χ3v) is 5.99. The molecule has 0 saturated carbocycles. The maximum Gasteiger partial charge on any atom is 0.0994 e. The molecule has 168 valence electrons. The van der Waals surface area contributed by atoms with Crippen molar-refractivity contribution < 1.29 is 9.47 Å². The van der Waals surface area contributed by atoms with Gasteiger partial charge in [0.25, 0.3) is 0 Å². The molecule has 0 radical (unpaired) electrons. The van der Waals surface area contributed by atoms with E-state index in [2.05, 4.69) is 60.2 Å². The molecule has 1 aromatic carbocycles. The Bertz CT molecular complexity index is 1230. The standard InChI is InChI=1S/C26H32N4O2/c1-17-13-18(2)23(19(3)14-17)24-22-16-27-7-8-30(22)26-21(15-20(4)28-25(24)26)29(9-11-31-5)10-12-32-6/h7-8,13-16H,9-12H2,1-6H3. The third-order valence-electron chi connectivity index (χ3n) is 5.99. The fraction of sp³-hybridized carbons (Fsp3) is 0.385. The second kappa shape index (κ2) is 9.27. The van der Waals surface area contributed by atoms with Crippen LogP contribution in [0.3, 0.4) is 0 Å². The molecular formula is C26H32N4O2. The molecule has 0 atom stereocenters. The Hall–Kier alpha value is -2.96. The maximum absolute atomic E-state index is 5.41. The minimum Gasteiger partial charge on any atom is -0.383 e. The predicted molar refractivity (Wildman–Crippen MR) is 131 cm³/mol. The molecule has 6 nitrogen and oxygen atoms in total. The molecule has 0 spiro atoms. The van der Waals surface area contributed by atoms with E-state index >= 15 is 0 Å². The molecular weight excluding hydrogens is 400 g/mol. The summed E-state index contributed by atoms with van der Waals surface area (Å²) < 4.78 is 13.0. The van der Waals surface area contributed by atoms with Crippen molar-refractivity contribution in [2.45, 2.75) is 27.7 Å². The van der Waals surface area contributed by atoms with Crippen LogP contribution < -0.4 is 4.90 Å². The fourth-order valence-electron chi connectivity index (χ4n) is 4.74. The van der Waals surface area contributed by atoms with E-state index in [9.17, 15) is 0 Å². The first-order valence-corrected chi connectivity index (χ1v) is 11.0. The van der Waals surface area contributed by atoms with Crippen molar-refractivity contribution in [1.82, 2.24) is 14.4 Å². The number of nitrogens with zero attached hydrogens (tertiary/aromatic N) is 4. The number of anilines is 1. The van der Waals surface area contributed by atoms with Crippen molar-refractivity contribution in [3.05, 3.63) is 59.2 Å². The van der Waals surface area contributed by atoms with Gasteiger partial charge in [0.2, 0.25) is 0 Å². The van der Waals surface area contributed by atoms with Crippen LogP contribution in [-0.2, 0) is 9.47 Å². The molecule has 0 saturated heterocycles. The van der Waals surface area contributed by atoms with E-state index in [1.165, 1.54) is 22.3 Å². The lowest BCUT2D eigenvalue weighted by atomic mass is 9.93. The Morgan fingerprint density at radius 1 is 0.906 bits per heavy atom. The van der Waals surface area contributed by atoms with Crippen molar-refractivity contribution in [3.8, 4) is 11.1 Å². The smallest absolute Gasteiger partial charge is 0.0994 e. The zero-order valence-corrected chi connectivity index (χ0v) is 19.9. The van der Waals surface area contributed by atoms with E-state index in [0.717, 1.165) is 46.6 Å². The number of aromatic nitrogens is 3. The van der Waals surface area contributed by atoms with E-state index in [-0.39, 0.29) is 0 Å². The molecule has 0 aliphatic carbocycles. The van der Waals surface area contributed by atoms with Crippen molar-refractivity contribution >= 4 is 22.2 Å². The van der Waals surface area contributed by atoms with E-state index < -0.39 is 0 Å². The number of pyridine rings is 1. The SMILES string of the molecule is COCCN(CCOC)c1cc(C)nc2c(-c3c(C)cc(C)cc3C)c3cnccn3c12. The number of fused-ring (bicyclic) bond motifs is 3. The van der Waals surface area contributed by atoms with Gasteiger partial charge in [0.05, 0.1) is 41.6 Å². The largest absolute Gasteiger partial charge is 0.383 e. The number of hydrogen-bond acceptors (Lipinski definition) is 5. The van der Waals surface area contributed by atoms with Gasteiger partial charge in [-0.3, -0.25) is 9.97 Å². The Morgan fingerprint density at radius 3 is 2.19 bits per heavy atom. The first-order chi connectivity index (χ1) is 15.5. The van der Waals surface area contributed by atoms with Gasteiger partial charge >= 0.3 is 0 Å². The van der Waals surface area contributed by atoms with Gasteiger partial charge in [-0.05, 0) is 50.5 Å².